The minimum Gasteiger partial charge on any atom is -0.234 e. The minimum absolute atomic E-state index is 1.00. The van der Waals surface area contributed by atoms with Crippen molar-refractivity contribution in [2.24, 2.45) is 0 Å². The van der Waals surface area contributed by atoms with Gasteiger partial charge in [-0.25, -0.2) is 9.13 Å². The number of hydrogen-bond donors (Lipinski definition) is 0. The predicted octanol–water partition coefficient (Wildman–Crippen LogP) is 12.9. The quantitative estimate of drug-likeness (QED) is 0.0607. The van der Waals surface area contributed by atoms with Gasteiger partial charge in [-0.2, -0.15) is 0 Å². The molecule has 0 aliphatic rings. The summed E-state index contributed by atoms with van der Waals surface area (Å²) in [6.45, 7) is 6.80. The van der Waals surface area contributed by atoms with E-state index in [1.165, 1.54) is 192 Å². The van der Waals surface area contributed by atoms with Crippen LogP contribution < -0.4 is 4.57 Å². The maximum Gasteiger partial charge on any atom is 0.256 e. The van der Waals surface area contributed by atoms with Gasteiger partial charge in [-0.3, -0.25) is 0 Å². The molecule has 2 aromatic rings. The van der Waals surface area contributed by atoms with Crippen molar-refractivity contribution in [3.8, 4) is 0 Å². The summed E-state index contributed by atoms with van der Waals surface area (Å²) in [5.41, 5.74) is 1.41. The molecule has 0 saturated heterocycles. The van der Waals surface area contributed by atoms with Crippen molar-refractivity contribution in [3.63, 3.8) is 0 Å². The standard InChI is InChI=1S/C41H73N2/c1-3-5-7-9-11-13-15-17-18-19-21-23-25-27-32-36-42-37-38-43(39-40-33-29-28-30-34-40)41(42)35-31-26-24-22-20-16-14-12-10-8-6-4-2/h28-30,33-34,37-38H,3-27,31-32,35-36,39H2,1-2H3/q+1. The molecule has 246 valence electrons. The summed E-state index contributed by atoms with van der Waals surface area (Å²) in [5, 5.41) is 0. The zero-order valence-electron chi connectivity index (χ0n) is 29.1. The molecule has 0 spiro atoms. The number of hydrogen-bond acceptors (Lipinski definition) is 0. The Kier molecular flexibility index (Phi) is 24.4. The summed E-state index contributed by atoms with van der Waals surface area (Å²) in [6, 6.07) is 11.0. The lowest BCUT2D eigenvalue weighted by Gasteiger charge is -2.07. The van der Waals surface area contributed by atoms with Crippen LogP contribution in [0.5, 0.6) is 0 Å². The van der Waals surface area contributed by atoms with Crippen LogP contribution in [-0.4, -0.2) is 4.57 Å². The largest absolute Gasteiger partial charge is 0.256 e. The van der Waals surface area contributed by atoms with Crippen LogP contribution in [-0.2, 0) is 19.5 Å². The van der Waals surface area contributed by atoms with Crippen molar-refractivity contribution < 1.29 is 4.57 Å². The number of rotatable bonds is 31. The van der Waals surface area contributed by atoms with E-state index in [2.05, 4.69) is 65.7 Å². The van der Waals surface area contributed by atoms with Crippen LogP contribution in [0.15, 0.2) is 42.7 Å². The molecule has 0 amide bonds. The fourth-order valence-electron chi connectivity index (χ4n) is 6.69. The average Bonchev–Trinajstić information content (AvgIpc) is 3.40. The third-order valence-corrected chi connectivity index (χ3v) is 9.54. The number of imidazole rings is 1. The van der Waals surface area contributed by atoms with Crippen molar-refractivity contribution in [1.82, 2.24) is 4.57 Å². The summed E-state index contributed by atoms with van der Waals surface area (Å²) >= 11 is 0. The second-order valence-corrected chi connectivity index (χ2v) is 13.6. The van der Waals surface area contributed by atoms with Crippen LogP contribution in [0.1, 0.15) is 199 Å². The van der Waals surface area contributed by atoms with Gasteiger partial charge in [0.15, 0.2) is 0 Å². The lowest BCUT2D eigenvalue weighted by Crippen LogP contribution is -2.37. The van der Waals surface area contributed by atoms with Crippen LogP contribution >= 0.6 is 0 Å². The van der Waals surface area contributed by atoms with Crippen LogP contribution in [0, 0.1) is 0 Å². The zero-order chi connectivity index (χ0) is 30.5. The molecule has 0 aliphatic heterocycles. The topological polar surface area (TPSA) is 8.81 Å². The minimum atomic E-state index is 1.00. The Bertz CT molecular complexity index is 839. The van der Waals surface area contributed by atoms with Gasteiger partial charge in [-0.15, -0.1) is 0 Å². The van der Waals surface area contributed by atoms with Crippen molar-refractivity contribution in [2.75, 3.05) is 0 Å². The van der Waals surface area contributed by atoms with Crippen molar-refractivity contribution in [2.45, 2.75) is 207 Å². The Morgan fingerprint density at radius 2 is 0.860 bits per heavy atom. The van der Waals surface area contributed by atoms with Crippen LogP contribution in [0.4, 0.5) is 0 Å². The molecule has 0 bridgehead atoms. The van der Waals surface area contributed by atoms with Gasteiger partial charge in [0.2, 0.25) is 0 Å². The lowest BCUT2D eigenvalue weighted by molar-refractivity contribution is -0.695. The molecule has 0 aliphatic carbocycles. The first-order chi connectivity index (χ1) is 21.3. The van der Waals surface area contributed by atoms with Gasteiger partial charge in [0.1, 0.15) is 18.9 Å². The van der Waals surface area contributed by atoms with E-state index < -0.39 is 0 Å². The Balaban J connectivity index is 1.59. The summed E-state index contributed by atoms with van der Waals surface area (Å²) in [6.07, 6.45) is 44.4. The molecule has 0 N–H and O–H groups in total. The van der Waals surface area contributed by atoms with E-state index in [9.17, 15) is 0 Å². The third-order valence-electron chi connectivity index (χ3n) is 9.54. The Labute approximate surface area is 269 Å². The highest BCUT2D eigenvalue weighted by Gasteiger charge is 2.17. The Morgan fingerprint density at radius 3 is 1.30 bits per heavy atom. The van der Waals surface area contributed by atoms with E-state index in [-0.39, 0.29) is 0 Å². The summed E-state index contributed by atoms with van der Waals surface area (Å²) in [7, 11) is 0. The van der Waals surface area contributed by atoms with Crippen molar-refractivity contribution in [3.05, 3.63) is 54.1 Å². The maximum atomic E-state index is 2.59. The molecule has 1 heterocycles. The smallest absolute Gasteiger partial charge is 0.234 e. The molecule has 1 aromatic carbocycles. The molecule has 1 aromatic heterocycles. The van der Waals surface area contributed by atoms with Crippen LogP contribution in [0.2, 0.25) is 0 Å². The monoisotopic (exact) mass is 594 g/mol. The van der Waals surface area contributed by atoms with Gasteiger partial charge < -0.3 is 0 Å². The molecule has 2 rings (SSSR count). The highest BCUT2D eigenvalue weighted by Crippen LogP contribution is 2.16. The summed E-state index contributed by atoms with van der Waals surface area (Å²) in [4.78, 5) is 0. The average molecular weight is 594 g/mol. The number of nitrogens with zero attached hydrogens (tertiary/aromatic N) is 2. The van der Waals surface area contributed by atoms with Gasteiger partial charge >= 0.3 is 0 Å². The molecule has 0 unspecified atom stereocenters. The fourth-order valence-corrected chi connectivity index (χ4v) is 6.69. The molecular formula is C41H73N2+. The molecule has 0 saturated carbocycles. The molecule has 0 fully saturated rings. The lowest BCUT2D eigenvalue weighted by atomic mass is 10.0. The highest BCUT2D eigenvalue weighted by atomic mass is 15.1. The molecule has 0 radical (unpaired) electrons. The SMILES string of the molecule is CCCCCCCCCCCCCCCCCn1cc[n+](Cc2ccccc2)c1CCCCCCCCCCCCCC. The molecule has 0 atom stereocenters. The van der Waals surface area contributed by atoms with Crippen LogP contribution in [0.25, 0.3) is 0 Å². The summed E-state index contributed by atoms with van der Waals surface area (Å²) < 4.78 is 5.11. The molecular weight excluding hydrogens is 520 g/mol. The molecule has 2 heteroatoms. The second-order valence-electron chi connectivity index (χ2n) is 13.6. The van der Waals surface area contributed by atoms with Gasteiger partial charge in [0.25, 0.3) is 5.82 Å². The third kappa shape index (κ3) is 20.2. The zero-order valence-corrected chi connectivity index (χ0v) is 29.1. The number of benzene rings is 1. The number of aryl methyl sites for hydroxylation is 1. The van der Waals surface area contributed by atoms with E-state index in [4.69, 9.17) is 0 Å². The molecule has 43 heavy (non-hydrogen) atoms. The van der Waals surface area contributed by atoms with Crippen LogP contribution in [0.3, 0.4) is 0 Å². The maximum absolute atomic E-state index is 2.59. The second kappa shape index (κ2) is 27.9. The fraction of sp³-hybridized carbons (Fsp3) is 0.780. The Morgan fingerprint density at radius 1 is 0.465 bits per heavy atom. The van der Waals surface area contributed by atoms with Gasteiger partial charge in [0.05, 0.1) is 6.54 Å². The predicted molar refractivity (Wildman–Crippen MR) is 190 cm³/mol. The van der Waals surface area contributed by atoms with Crippen molar-refractivity contribution in [1.29, 1.82) is 0 Å². The van der Waals surface area contributed by atoms with E-state index in [1.54, 1.807) is 5.82 Å². The Hall–Kier alpha value is -1.57. The van der Waals surface area contributed by atoms with Gasteiger partial charge in [-0.05, 0) is 24.8 Å². The van der Waals surface area contributed by atoms with Gasteiger partial charge in [-0.1, -0.05) is 198 Å². The highest BCUT2D eigenvalue weighted by molar-refractivity contribution is 5.13. The first-order valence-corrected chi connectivity index (χ1v) is 19.5. The molecule has 2 nitrogen and oxygen atoms in total. The van der Waals surface area contributed by atoms with Crippen molar-refractivity contribution >= 4 is 0 Å². The van der Waals surface area contributed by atoms with Gasteiger partial charge in [0, 0.05) is 6.42 Å². The summed E-state index contributed by atoms with van der Waals surface area (Å²) in [5.74, 6) is 1.54. The van der Waals surface area contributed by atoms with E-state index in [0.29, 0.717) is 0 Å². The van der Waals surface area contributed by atoms with E-state index in [1.807, 2.05) is 0 Å². The normalized spacial score (nSPS) is 11.5. The first kappa shape index (κ1) is 37.6. The van der Waals surface area contributed by atoms with E-state index in [0.717, 1.165) is 6.54 Å². The first-order valence-electron chi connectivity index (χ1n) is 19.5. The van der Waals surface area contributed by atoms with E-state index >= 15 is 0 Å². The number of unbranched alkanes of at least 4 members (excludes halogenated alkanes) is 25. The number of aromatic nitrogens is 2.